The summed E-state index contributed by atoms with van der Waals surface area (Å²) in [5.74, 6) is 2.48. The van der Waals surface area contributed by atoms with Crippen LogP contribution in [0.25, 0.3) is 0 Å². The number of hydrogen-bond donors (Lipinski definition) is 0. The Morgan fingerprint density at radius 3 is 2.60 bits per heavy atom. The number of aryl methyl sites for hydroxylation is 1. The first-order chi connectivity index (χ1) is 7.18. The predicted molar refractivity (Wildman–Crippen MR) is 59.5 cm³/mol. The summed E-state index contributed by atoms with van der Waals surface area (Å²) in [5.41, 5.74) is 1.55. The molecule has 15 heavy (non-hydrogen) atoms. The molecular formula is C13H16FN. The topological polar surface area (TPSA) is 3.24 Å². The minimum absolute atomic E-state index is 0.0357. The maximum Gasteiger partial charge on any atom is 0.149 e. The lowest BCUT2D eigenvalue weighted by Crippen LogP contribution is -2.24. The lowest BCUT2D eigenvalue weighted by atomic mass is 10.2. The number of hydrogen-bond acceptors (Lipinski definition) is 1. The average molecular weight is 205 g/mol. The summed E-state index contributed by atoms with van der Waals surface area (Å²) in [6, 6.07) is 5.68. The van der Waals surface area contributed by atoms with Gasteiger partial charge in [-0.15, -0.1) is 0 Å². The number of fused-ring (bicyclic) bond motifs is 1. The molecular weight excluding hydrogens is 189 g/mol. The minimum atomic E-state index is -0.0357. The van der Waals surface area contributed by atoms with Crippen LogP contribution in [0.2, 0.25) is 0 Å². The van der Waals surface area contributed by atoms with Gasteiger partial charge in [0.1, 0.15) is 5.82 Å². The van der Waals surface area contributed by atoms with Crippen molar-refractivity contribution < 1.29 is 4.39 Å². The predicted octanol–water partition coefficient (Wildman–Crippen LogP) is 2.84. The number of benzene rings is 1. The van der Waals surface area contributed by atoms with Crippen LogP contribution in [0.15, 0.2) is 18.2 Å². The molecule has 1 saturated carbocycles. The highest BCUT2D eigenvalue weighted by molar-refractivity contribution is 5.52. The van der Waals surface area contributed by atoms with Gasteiger partial charge in [0.25, 0.3) is 0 Å². The number of rotatable bonds is 1. The molecule has 1 aromatic rings. The molecule has 2 fully saturated rings. The van der Waals surface area contributed by atoms with Crippen molar-refractivity contribution in [3.05, 3.63) is 29.6 Å². The van der Waals surface area contributed by atoms with E-state index in [2.05, 4.69) is 11.8 Å². The fourth-order valence-electron chi connectivity index (χ4n) is 2.90. The summed E-state index contributed by atoms with van der Waals surface area (Å²) >= 11 is 0. The van der Waals surface area contributed by atoms with Crippen molar-refractivity contribution in [2.24, 2.45) is 17.8 Å². The summed E-state index contributed by atoms with van der Waals surface area (Å²) < 4.78 is 13.9. The van der Waals surface area contributed by atoms with Crippen LogP contribution >= 0.6 is 0 Å². The van der Waals surface area contributed by atoms with Gasteiger partial charge in [-0.25, -0.2) is 4.39 Å². The molecule has 0 amide bonds. The van der Waals surface area contributed by atoms with Crippen molar-refractivity contribution >= 4 is 5.69 Å². The van der Waals surface area contributed by atoms with Crippen LogP contribution in [0.3, 0.4) is 0 Å². The fraction of sp³-hybridized carbons (Fsp3) is 0.538. The molecule has 1 heterocycles. The molecule has 1 aliphatic heterocycles. The van der Waals surface area contributed by atoms with E-state index in [9.17, 15) is 4.39 Å². The molecule has 1 aromatic carbocycles. The van der Waals surface area contributed by atoms with Gasteiger partial charge < -0.3 is 4.90 Å². The van der Waals surface area contributed by atoms with E-state index < -0.39 is 0 Å². The number of halogens is 1. The Morgan fingerprint density at radius 1 is 1.27 bits per heavy atom. The molecule has 0 spiro atoms. The molecule has 0 bridgehead atoms. The third kappa shape index (κ3) is 1.27. The molecule has 1 saturated heterocycles. The van der Waals surface area contributed by atoms with E-state index in [1.807, 2.05) is 25.1 Å². The SMILES string of the molecule is Cc1cccc(N2CC3C(C)C3C2)c1F. The highest BCUT2D eigenvalue weighted by Gasteiger charge is 2.52. The van der Waals surface area contributed by atoms with E-state index in [4.69, 9.17) is 0 Å². The highest BCUT2D eigenvalue weighted by atomic mass is 19.1. The average Bonchev–Trinajstić information content (AvgIpc) is 2.66. The third-order valence-electron chi connectivity index (χ3n) is 4.13. The molecule has 2 unspecified atom stereocenters. The first-order valence-electron chi connectivity index (χ1n) is 5.68. The van der Waals surface area contributed by atoms with Crippen LogP contribution in [0.4, 0.5) is 10.1 Å². The van der Waals surface area contributed by atoms with Crippen LogP contribution in [0.1, 0.15) is 12.5 Å². The zero-order valence-electron chi connectivity index (χ0n) is 9.20. The lowest BCUT2D eigenvalue weighted by Gasteiger charge is -2.22. The molecule has 3 rings (SSSR count). The van der Waals surface area contributed by atoms with Crippen molar-refractivity contribution in [2.45, 2.75) is 13.8 Å². The summed E-state index contributed by atoms with van der Waals surface area (Å²) in [5, 5.41) is 0. The monoisotopic (exact) mass is 205 g/mol. The smallest absolute Gasteiger partial charge is 0.149 e. The Morgan fingerprint density at radius 2 is 1.93 bits per heavy atom. The van der Waals surface area contributed by atoms with Crippen LogP contribution < -0.4 is 4.90 Å². The van der Waals surface area contributed by atoms with Gasteiger partial charge in [-0.3, -0.25) is 0 Å². The largest absolute Gasteiger partial charge is 0.369 e. The maximum atomic E-state index is 13.9. The molecule has 2 heteroatoms. The normalized spacial score (nSPS) is 33.0. The summed E-state index contributed by atoms with van der Waals surface area (Å²) in [6.07, 6.45) is 0. The fourth-order valence-corrected chi connectivity index (χ4v) is 2.90. The second kappa shape index (κ2) is 2.97. The highest BCUT2D eigenvalue weighted by Crippen LogP contribution is 2.52. The van der Waals surface area contributed by atoms with Crippen LogP contribution in [-0.2, 0) is 0 Å². The van der Waals surface area contributed by atoms with Crippen LogP contribution in [0.5, 0.6) is 0 Å². The van der Waals surface area contributed by atoms with Gasteiger partial charge in [-0.05, 0) is 36.3 Å². The molecule has 2 atom stereocenters. The Balaban J connectivity index is 1.86. The van der Waals surface area contributed by atoms with Crippen LogP contribution in [-0.4, -0.2) is 13.1 Å². The summed E-state index contributed by atoms with van der Waals surface area (Å²) in [4.78, 5) is 2.21. The van der Waals surface area contributed by atoms with Gasteiger partial charge in [0.15, 0.2) is 0 Å². The standard InChI is InChI=1S/C13H16FN/c1-8-4-3-5-12(13(8)14)15-6-10-9(2)11(10)7-15/h3-5,9-11H,6-7H2,1-2H3. The van der Waals surface area contributed by atoms with Gasteiger partial charge in [-0.1, -0.05) is 19.1 Å². The van der Waals surface area contributed by atoms with E-state index in [0.717, 1.165) is 42.1 Å². The van der Waals surface area contributed by atoms with Gasteiger partial charge in [0.2, 0.25) is 0 Å². The second-order valence-electron chi connectivity index (χ2n) is 5.00. The third-order valence-corrected chi connectivity index (χ3v) is 4.13. The summed E-state index contributed by atoms with van der Waals surface area (Å²) in [6.45, 7) is 6.23. The van der Waals surface area contributed by atoms with E-state index in [-0.39, 0.29) is 5.82 Å². The van der Waals surface area contributed by atoms with Crippen LogP contribution in [0, 0.1) is 30.5 Å². The zero-order valence-corrected chi connectivity index (χ0v) is 9.20. The molecule has 0 radical (unpaired) electrons. The summed E-state index contributed by atoms with van der Waals surface area (Å²) in [7, 11) is 0. The molecule has 80 valence electrons. The number of piperidine rings is 1. The number of nitrogens with zero attached hydrogens (tertiary/aromatic N) is 1. The van der Waals surface area contributed by atoms with Crippen molar-refractivity contribution in [3.8, 4) is 0 Å². The van der Waals surface area contributed by atoms with Gasteiger partial charge >= 0.3 is 0 Å². The van der Waals surface area contributed by atoms with Crippen molar-refractivity contribution in [2.75, 3.05) is 18.0 Å². The zero-order chi connectivity index (χ0) is 10.6. The first kappa shape index (κ1) is 9.20. The quantitative estimate of drug-likeness (QED) is 0.681. The van der Waals surface area contributed by atoms with E-state index in [1.54, 1.807) is 0 Å². The Bertz CT molecular complexity index is 390. The Kier molecular flexibility index (Phi) is 1.82. The Labute approximate surface area is 89.9 Å². The minimum Gasteiger partial charge on any atom is -0.369 e. The van der Waals surface area contributed by atoms with Gasteiger partial charge in [0.05, 0.1) is 5.69 Å². The lowest BCUT2D eigenvalue weighted by molar-refractivity contribution is 0.603. The maximum absolute atomic E-state index is 13.9. The molecule has 0 N–H and O–H groups in total. The molecule has 0 aromatic heterocycles. The van der Waals surface area contributed by atoms with E-state index in [0.29, 0.717) is 0 Å². The molecule has 1 nitrogen and oxygen atoms in total. The second-order valence-corrected chi connectivity index (χ2v) is 5.00. The van der Waals surface area contributed by atoms with E-state index in [1.165, 1.54) is 0 Å². The first-order valence-corrected chi connectivity index (χ1v) is 5.68. The molecule has 1 aliphatic carbocycles. The number of anilines is 1. The Hall–Kier alpha value is -1.05. The van der Waals surface area contributed by atoms with Crippen molar-refractivity contribution in [1.82, 2.24) is 0 Å². The van der Waals surface area contributed by atoms with Gasteiger partial charge in [0, 0.05) is 13.1 Å². The van der Waals surface area contributed by atoms with E-state index >= 15 is 0 Å². The molecule has 2 aliphatic rings. The van der Waals surface area contributed by atoms with Gasteiger partial charge in [-0.2, -0.15) is 0 Å². The van der Waals surface area contributed by atoms with Crippen molar-refractivity contribution in [3.63, 3.8) is 0 Å². The van der Waals surface area contributed by atoms with Crippen molar-refractivity contribution in [1.29, 1.82) is 0 Å².